The highest BCUT2D eigenvalue weighted by Gasteiger charge is 2.28. The number of nitrogens with one attached hydrogen (secondary N) is 1. The van der Waals surface area contributed by atoms with Gasteiger partial charge in [0.1, 0.15) is 0 Å². The first-order chi connectivity index (χ1) is 13.8. The third-order valence-corrected chi connectivity index (χ3v) is 7.32. The number of aromatic nitrogens is 2. The Balaban J connectivity index is 1.63. The molecular formula is C20H30N6O2S. The van der Waals surface area contributed by atoms with Crippen LogP contribution in [-0.2, 0) is 16.6 Å². The molecule has 29 heavy (non-hydrogen) atoms. The zero-order chi connectivity index (χ0) is 21.0. The van der Waals surface area contributed by atoms with Crippen LogP contribution in [0.2, 0.25) is 0 Å². The molecule has 1 aromatic heterocycles. The molecule has 2 aromatic rings. The first-order valence-corrected chi connectivity index (χ1v) is 11.2. The number of aliphatic imine (C=N–C) groups is 1. The Kier molecular flexibility index (Phi) is 6.59. The maximum Gasteiger partial charge on any atom is 0.242 e. The Bertz CT molecular complexity index is 922. The molecule has 0 aliphatic carbocycles. The number of nitrogens with zero attached hydrogens (tertiary/aromatic N) is 5. The summed E-state index contributed by atoms with van der Waals surface area (Å²) in [4.78, 5) is 11.2. The van der Waals surface area contributed by atoms with Gasteiger partial charge in [0.25, 0.3) is 0 Å². The first-order valence-electron chi connectivity index (χ1n) is 9.77. The molecule has 0 saturated carbocycles. The van der Waals surface area contributed by atoms with E-state index in [9.17, 15) is 8.42 Å². The second-order valence-electron chi connectivity index (χ2n) is 7.62. The molecule has 2 unspecified atom stereocenters. The van der Waals surface area contributed by atoms with E-state index < -0.39 is 10.0 Å². The zero-order valence-corrected chi connectivity index (χ0v) is 18.3. The smallest absolute Gasteiger partial charge is 0.242 e. The van der Waals surface area contributed by atoms with E-state index in [4.69, 9.17) is 0 Å². The van der Waals surface area contributed by atoms with Crippen molar-refractivity contribution in [1.29, 1.82) is 0 Å². The van der Waals surface area contributed by atoms with Crippen molar-refractivity contribution in [2.24, 2.45) is 10.9 Å². The highest BCUT2D eigenvalue weighted by atomic mass is 32.2. The molecule has 1 aliphatic rings. The molecular weight excluding hydrogens is 388 g/mol. The van der Waals surface area contributed by atoms with Crippen molar-refractivity contribution < 1.29 is 8.42 Å². The summed E-state index contributed by atoms with van der Waals surface area (Å²) in [6.07, 6.45) is 6.80. The Morgan fingerprint density at radius 3 is 2.62 bits per heavy atom. The van der Waals surface area contributed by atoms with Crippen LogP contribution in [0.1, 0.15) is 24.9 Å². The van der Waals surface area contributed by atoms with E-state index in [0.717, 1.165) is 31.0 Å². The summed E-state index contributed by atoms with van der Waals surface area (Å²) >= 11 is 0. The summed E-state index contributed by atoms with van der Waals surface area (Å²) in [5.74, 6) is 1.43. The molecule has 1 saturated heterocycles. The van der Waals surface area contributed by atoms with Crippen LogP contribution in [0.3, 0.4) is 0 Å². The van der Waals surface area contributed by atoms with E-state index in [1.807, 2.05) is 30.9 Å². The van der Waals surface area contributed by atoms with Gasteiger partial charge in [-0.3, -0.25) is 4.99 Å². The van der Waals surface area contributed by atoms with Gasteiger partial charge < -0.3 is 14.8 Å². The maximum absolute atomic E-state index is 12.2. The minimum absolute atomic E-state index is 0.295. The van der Waals surface area contributed by atoms with E-state index in [1.165, 1.54) is 18.4 Å². The number of hydrogen-bond acceptors (Lipinski definition) is 4. The average molecular weight is 419 g/mol. The predicted octanol–water partition coefficient (Wildman–Crippen LogP) is 1.79. The van der Waals surface area contributed by atoms with Gasteiger partial charge >= 0.3 is 0 Å². The van der Waals surface area contributed by atoms with Gasteiger partial charge in [0.2, 0.25) is 10.0 Å². The fourth-order valence-electron chi connectivity index (χ4n) is 3.60. The van der Waals surface area contributed by atoms with Crippen LogP contribution < -0.4 is 5.32 Å². The van der Waals surface area contributed by atoms with Gasteiger partial charge in [-0.1, -0.05) is 19.1 Å². The summed E-state index contributed by atoms with van der Waals surface area (Å²) in [6, 6.07) is 7.33. The summed E-state index contributed by atoms with van der Waals surface area (Å²) in [6.45, 7) is 4.68. The zero-order valence-electron chi connectivity index (χ0n) is 17.5. The number of hydrogen-bond donors (Lipinski definition) is 1. The molecule has 1 aromatic carbocycles. The van der Waals surface area contributed by atoms with Crippen LogP contribution in [0.5, 0.6) is 0 Å². The van der Waals surface area contributed by atoms with Crippen molar-refractivity contribution in [3.63, 3.8) is 0 Å². The fraction of sp³-hybridized carbons (Fsp3) is 0.500. The lowest BCUT2D eigenvalue weighted by Gasteiger charge is -2.39. The molecule has 9 heteroatoms. The number of sulfonamides is 1. The van der Waals surface area contributed by atoms with Gasteiger partial charge in [0.15, 0.2) is 5.96 Å². The van der Waals surface area contributed by atoms with Crippen molar-refractivity contribution in [2.75, 3.05) is 34.2 Å². The number of likely N-dealkylation sites (tertiary alicyclic amines) is 1. The summed E-state index contributed by atoms with van der Waals surface area (Å²) in [5, 5.41) is 3.41. The summed E-state index contributed by atoms with van der Waals surface area (Å²) < 4.78 is 27.8. The molecule has 0 spiro atoms. The maximum atomic E-state index is 12.2. The van der Waals surface area contributed by atoms with E-state index >= 15 is 0 Å². The fourth-order valence-corrected chi connectivity index (χ4v) is 4.50. The van der Waals surface area contributed by atoms with Crippen molar-refractivity contribution in [1.82, 2.24) is 24.1 Å². The van der Waals surface area contributed by atoms with Gasteiger partial charge in [0.05, 0.1) is 17.3 Å². The van der Waals surface area contributed by atoms with Crippen LogP contribution in [0.4, 0.5) is 0 Å². The molecule has 0 radical (unpaired) electrons. The van der Waals surface area contributed by atoms with Crippen LogP contribution in [0.25, 0.3) is 0 Å². The van der Waals surface area contributed by atoms with Crippen LogP contribution in [-0.4, -0.2) is 67.4 Å². The minimum atomic E-state index is -3.41. The Morgan fingerprint density at radius 1 is 1.31 bits per heavy atom. The van der Waals surface area contributed by atoms with Gasteiger partial charge in [-0.05, 0) is 30.0 Å². The number of piperidine rings is 1. The van der Waals surface area contributed by atoms with E-state index in [1.54, 1.807) is 19.2 Å². The lowest BCUT2D eigenvalue weighted by Crippen LogP contribution is -2.48. The molecule has 3 rings (SSSR count). The molecule has 2 heterocycles. The number of rotatable bonds is 5. The lowest BCUT2D eigenvalue weighted by atomic mass is 9.93. The van der Waals surface area contributed by atoms with Gasteiger partial charge in [-0.15, -0.1) is 0 Å². The summed E-state index contributed by atoms with van der Waals surface area (Å²) in [7, 11) is 1.45. The highest BCUT2D eigenvalue weighted by Crippen LogP contribution is 2.27. The highest BCUT2D eigenvalue weighted by molar-refractivity contribution is 7.89. The van der Waals surface area contributed by atoms with Gasteiger partial charge in [-0.2, -0.15) is 0 Å². The van der Waals surface area contributed by atoms with E-state index in [2.05, 4.69) is 31.7 Å². The first kappa shape index (κ1) is 21.3. The Labute approximate surface area is 173 Å². The molecule has 8 nitrogen and oxygen atoms in total. The van der Waals surface area contributed by atoms with Crippen molar-refractivity contribution in [3.8, 4) is 0 Å². The molecule has 0 bridgehead atoms. The quantitative estimate of drug-likeness (QED) is 0.591. The number of benzene rings is 1. The monoisotopic (exact) mass is 418 g/mol. The molecule has 2 atom stereocenters. The second kappa shape index (κ2) is 8.96. The van der Waals surface area contributed by atoms with Crippen molar-refractivity contribution >= 4 is 16.0 Å². The van der Waals surface area contributed by atoms with Gasteiger partial charge in [0, 0.05) is 53.2 Å². The third-order valence-electron chi connectivity index (χ3n) is 5.49. The van der Waals surface area contributed by atoms with Crippen LogP contribution >= 0.6 is 0 Å². The second-order valence-corrected chi connectivity index (χ2v) is 9.77. The average Bonchev–Trinajstić information content (AvgIpc) is 3.24. The van der Waals surface area contributed by atoms with Crippen molar-refractivity contribution in [2.45, 2.75) is 30.8 Å². The van der Waals surface area contributed by atoms with Crippen LogP contribution in [0.15, 0.2) is 52.9 Å². The van der Waals surface area contributed by atoms with Crippen LogP contribution in [0, 0.1) is 5.92 Å². The molecule has 1 N–H and O–H groups in total. The standard InChI is InChI=1S/C20H30N6O2S/c1-16-9-11-25(14-19(16)26-12-10-22-15-26)20(21-2)23-13-17-5-7-18(8-6-17)29(27,28)24(3)4/h5-8,10,12,15-16,19H,9,11,13-14H2,1-4H3,(H,21,23). The SMILES string of the molecule is CN=C(NCc1ccc(S(=O)(=O)N(C)C)cc1)N1CCC(C)C(n2ccnc2)C1. The summed E-state index contributed by atoms with van der Waals surface area (Å²) in [5.41, 5.74) is 1.00. The Morgan fingerprint density at radius 2 is 2.03 bits per heavy atom. The molecule has 1 aliphatic heterocycles. The number of guanidine groups is 1. The lowest BCUT2D eigenvalue weighted by molar-refractivity contribution is 0.189. The molecule has 158 valence electrons. The normalized spacial score (nSPS) is 20.9. The third kappa shape index (κ3) is 4.79. The molecule has 1 fully saturated rings. The largest absolute Gasteiger partial charge is 0.352 e. The topological polar surface area (TPSA) is 82.8 Å². The van der Waals surface area contributed by atoms with E-state index in [0.29, 0.717) is 23.4 Å². The number of imidazole rings is 1. The minimum Gasteiger partial charge on any atom is -0.352 e. The van der Waals surface area contributed by atoms with E-state index in [-0.39, 0.29) is 0 Å². The predicted molar refractivity (Wildman–Crippen MR) is 114 cm³/mol. The van der Waals surface area contributed by atoms with Crippen molar-refractivity contribution in [3.05, 3.63) is 48.5 Å². The Hall–Kier alpha value is -2.39. The van der Waals surface area contributed by atoms with Gasteiger partial charge in [-0.25, -0.2) is 17.7 Å². The molecule has 0 amide bonds.